The van der Waals surface area contributed by atoms with Gasteiger partial charge in [-0.2, -0.15) is 13.2 Å². The third-order valence-corrected chi connectivity index (χ3v) is 6.82. The van der Waals surface area contributed by atoms with Crippen LogP contribution in [0.3, 0.4) is 0 Å². The fraction of sp³-hybridized carbons (Fsp3) is 0.0667. The van der Waals surface area contributed by atoms with Crippen LogP contribution in [0.4, 0.5) is 30.4 Å². The van der Waals surface area contributed by atoms with E-state index in [9.17, 15) is 17.7 Å². The third-order valence-electron chi connectivity index (χ3n) is 5.79. The Morgan fingerprint density at radius 3 is 1.95 bits per heavy atom. The fourth-order valence-electron chi connectivity index (χ4n) is 3.90. The summed E-state index contributed by atoms with van der Waals surface area (Å²) in [5.74, 6) is 0.571. The van der Waals surface area contributed by atoms with Crippen LogP contribution >= 0.6 is 7.60 Å². The molecule has 0 bridgehead atoms. The molecule has 1 heterocycles. The predicted molar refractivity (Wildman–Crippen MR) is 149 cm³/mol. The normalized spacial score (nSPS) is 13.2. The number of hydrogen-bond acceptors (Lipinski definition) is 3. The zero-order chi connectivity index (χ0) is 28.0. The van der Waals surface area contributed by atoms with Crippen LogP contribution in [0.5, 0.6) is 0 Å². The van der Waals surface area contributed by atoms with Gasteiger partial charge in [-0.3, -0.25) is 9.46 Å². The summed E-state index contributed by atoms with van der Waals surface area (Å²) in [5, 5.41) is -1.90. The van der Waals surface area contributed by atoms with E-state index in [4.69, 9.17) is 14.2 Å². The van der Waals surface area contributed by atoms with Gasteiger partial charge in [0.1, 0.15) is 5.31 Å². The smallest absolute Gasteiger partial charge is 0.424 e. The Morgan fingerprint density at radius 2 is 1.44 bits per heavy atom. The first-order chi connectivity index (χ1) is 18.5. The van der Waals surface area contributed by atoms with Gasteiger partial charge in [-0.05, 0) is 65.6 Å². The molecule has 0 unspecified atom stereocenters. The topological polar surface area (TPSA) is 73.9 Å². The zero-order valence-corrected chi connectivity index (χ0v) is 21.7. The molecule has 5 nitrogen and oxygen atoms in total. The average Bonchev–Trinajstić information content (AvgIpc) is 3.42. The number of anilines is 3. The van der Waals surface area contributed by atoms with Crippen molar-refractivity contribution < 1.29 is 31.9 Å². The van der Waals surface area contributed by atoms with Gasteiger partial charge in [-0.25, -0.2) is 0 Å². The number of rotatable bonds is 8. The van der Waals surface area contributed by atoms with Crippen LogP contribution in [0, 0.1) is 0 Å². The van der Waals surface area contributed by atoms with Gasteiger partial charge < -0.3 is 14.2 Å². The highest BCUT2D eigenvalue weighted by atomic mass is 31.2. The van der Waals surface area contributed by atoms with Gasteiger partial charge in [0.05, 0.1) is 6.26 Å². The van der Waals surface area contributed by atoms with Crippen LogP contribution < -0.4 is 4.90 Å². The molecule has 0 spiro atoms. The Bertz CT molecular complexity index is 1520. The van der Waals surface area contributed by atoms with Crippen LogP contribution in [0.1, 0.15) is 23.6 Å². The third kappa shape index (κ3) is 7.27. The maximum atomic E-state index is 12.9. The first-order valence-electron chi connectivity index (χ1n) is 11.8. The highest BCUT2D eigenvalue weighted by Crippen LogP contribution is 2.52. The molecule has 39 heavy (non-hydrogen) atoms. The molecular formula is C30H25F3NO4P. The van der Waals surface area contributed by atoms with Crippen molar-refractivity contribution in [3.05, 3.63) is 131 Å². The summed E-state index contributed by atoms with van der Waals surface area (Å²) < 4.78 is 55.6. The van der Waals surface area contributed by atoms with Gasteiger partial charge in [0.15, 0.2) is 0 Å². The molecule has 0 radical (unpaired) electrons. The van der Waals surface area contributed by atoms with Crippen molar-refractivity contribution in [2.24, 2.45) is 0 Å². The minimum Gasteiger partial charge on any atom is -0.448 e. The van der Waals surface area contributed by atoms with Crippen molar-refractivity contribution in [1.29, 1.82) is 0 Å². The molecule has 1 aromatic heterocycles. The summed E-state index contributed by atoms with van der Waals surface area (Å²) in [4.78, 5) is 19.9. The van der Waals surface area contributed by atoms with Gasteiger partial charge >= 0.3 is 13.8 Å². The maximum absolute atomic E-state index is 12.9. The number of furan rings is 1. The predicted octanol–water partition coefficient (Wildman–Crippen LogP) is 8.95. The van der Waals surface area contributed by atoms with E-state index in [1.807, 2.05) is 53.4 Å². The Balaban J connectivity index is 1.59. The van der Waals surface area contributed by atoms with Gasteiger partial charge in [-0.15, -0.1) is 0 Å². The lowest BCUT2D eigenvalue weighted by molar-refractivity contribution is -0.0863. The van der Waals surface area contributed by atoms with Crippen molar-refractivity contribution in [2.45, 2.75) is 13.1 Å². The molecular weight excluding hydrogens is 526 g/mol. The second kappa shape index (κ2) is 11.7. The molecule has 9 heteroatoms. The molecule has 2 N–H and O–H groups in total. The van der Waals surface area contributed by atoms with Crippen LogP contribution in [0.2, 0.25) is 0 Å². The van der Waals surface area contributed by atoms with Crippen LogP contribution in [0.15, 0.2) is 119 Å². The Hall–Kier alpha value is -4.10. The molecule has 4 rings (SSSR count). The number of benzene rings is 3. The standard InChI is InChI=1S/C30H25F3NO4P/c1-22(25-8-3-2-4-9-25)21-24-14-18-27(19-15-24)34(29-11-6-20-38-29)26-16-12-23(13-17-26)7-5-10-28(30(31,32)33)39(35,36)37/h2-21H,1H3,(H2,35,36,37)/b7-5+,22-21+,28-10+. The van der Waals surface area contributed by atoms with Crippen molar-refractivity contribution in [2.75, 3.05) is 4.90 Å². The SMILES string of the molecule is C/C(=C\c1ccc(N(c2ccc(/C=C/C=C(\C(F)(F)F)P(=O)(O)O)cc2)c2ccco2)cc1)c1ccccc1. The van der Waals surface area contributed by atoms with Gasteiger partial charge in [0, 0.05) is 17.4 Å². The van der Waals surface area contributed by atoms with Crippen molar-refractivity contribution in [3.8, 4) is 0 Å². The van der Waals surface area contributed by atoms with E-state index in [-0.39, 0.29) is 0 Å². The van der Waals surface area contributed by atoms with Gasteiger partial charge in [0.2, 0.25) is 5.88 Å². The highest BCUT2D eigenvalue weighted by molar-refractivity contribution is 7.56. The van der Waals surface area contributed by atoms with E-state index in [2.05, 4.69) is 25.1 Å². The van der Waals surface area contributed by atoms with E-state index in [0.717, 1.165) is 34.2 Å². The van der Waals surface area contributed by atoms with Crippen LogP contribution in [0.25, 0.3) is 17.7 Å². The largest absolute Gasteiger partial charge is 0.448 e. The molecule has 4 aromatic rings. The van der Waals surface area contributed by atoms with Crippen LogP contribution in [-0.2, 0) is 4.57 Å². The van der Waals surface area contributed by atoms with E-state index < -0.39 is 19.1 Å². The monoisotopic (exact) mass is 551 g/mol. The summed E-state index contributed by atoms with van der Waals surface area (Å²) in [7, 11) is -5.46. The van der Waals surface area contributed by atoms with Crippen LogP contribution in [-0.4, -0.2) is 16.0 Å². The lowest BCUT2D eigenvalue weighted by Crippen LogP contribution is -2.11. The second-order valence-electron chi connectivity index (χ2n) is 8.62. The Morgan fingerprint density at radius 1 is 0.846 bits per heavy atom. The van der Waals surface area contributed by atoms with Gasteiger partial charge in [0.25, 0.3) is 0 Å². The lowest BCUT2D eigenvalue weighted by Gasteiger charge is -2.22. The molecule has 0 atom stereocenters. The van der Waals surface area contributed by atoms with Crippen molar-refractivity contribution >= 4 is 42.6 Å². The average molecular weight is 552 g/mol. The number of allylic oxidation sites excluding steroid dienone is 4. The quantitative estimate of drug-likeness (QED) is 0.130. The number of hydrogen-bond donors (Lipinski definition) is 2. The number of halogens is 3. The molecule has 0 aliphatic rings. The molecule has 0 saturated carbocycles. The summed E-state index contributed by atoms with van der Waals surface area (Å²) in [6.07, 6.45) is 1.21. The van der Waals surface area contributed by atoms with Crippen molar-refractivity contribution in [1.82, 2.24) is 0 Å². The fourth-order valence-corrected chi connectivity index (χ4v) is 4.51. The second-order valence-corrected chi connectivity index (χ2v) is 10.2. The maximum Gasteiger partial charge on any atom is 0.424 e. The molecule has 0 saturated heterocycles. The van der Waals surface area contributed by atoms with E-state index in [1.165, 1.54) is 6.08 Å². The molecule has 0 aliphatic carbocycles. The minimum absolute atomic E-state index is 0.388. The minimum atomic E-state index is -5.46. The molecule has 0 amide bonds. The molecule has 3 aromatic carbocycles. The zero-order valence-electron chi connectivity index (χ0n) is 20.8. The Labute approximate surface area is 224 Å². The van der Waals surface area contributed by atoms with E-state index in [0.29, 0.717) is 17.5 Å². The summed E-state index contributed by atoms with van der Waals surface area (Å²) in [5.41, 5.74) is 5.42. The Kier molecular flexibility index (Phi) is 8.41. The molecule has 200 valence electrons. The molecule has 0 aliphatic heterocycles. The lowest BCUT2D eigenvalue weighted by atomic mass is 10.0. The first-order valence-corrected chi connectivity index (χ1v) is 13.4. The first kappa shape index (κ1) is 27.9. The number of nitrogens with zero attached hydrogens (tertiary/aromatic N) is 1. The van der Waals surface area contributed by atoms with Crippen molar-refractivity contribution in [3.63, 3.8) is 0 Å². The van der Waals surface area contributed by atoms with Gasteiger partial charge in [-0.1, -0.05) is 72.8 Å². The van der Waals surface area contributed by atoms with E-state index in [1.54, 1.807) is 36.6 Å². The summed E-state index contributed by atoms with van der Waals surface area (Å²) in [6.45, 7) is 2.06. The highest BCUT2D eigenvalue weighted by Gasteiger charge is 2.44. The summed E-state index contributed by atoms with van der Waals surface area (Å²) in [6, 6.07) is 28.5. The van der Waals surface area contributed by atoms with E-state index >= 15 is 0 Å². The summed E-state index contributed by atoms with van der Waals surface area (Å²) >= 11 is 0. The molecule has 0 fully saturated rings. The number of alkyl halides is 3.